The number of aryl methyl sites for hydroxylation is 2. The summed E-state index contributed by atoms with van der Waals surface area (Å²) in [6.07, 6.45) is 5.68. The van der Waals surface area contributed by atoms with Crippen LogP contribution in [0.1, 0.15) is 40.5 Å². The van der Waals surface area contributed by atoms with Gasteiger partial charge in [0.15, 0.2) is 0 Å². The van der Waals surface area contributed by atoms with Crippen LogP contribution in [0.2, 0.25) is 0 Å². The van der Waals surface area contributed by atoms with E-state index in [1.165, 1.54) is 0 Å². The minimum absolute atomic E-state index is 0.0434. The number of hydrogen-bond acceptors (Lipinski definition) is 5. The first-order valence-electron chi connectivity index (χ1n) is 10.6. The molecule has 0 aliphatic heterocycles. The fourth-order valence-electron chi connectivity index (χ4n) is 4.25. The van der Waals surface area contributed by atoms with Crippen LogP contribution in [-0.2, 0) is 0 Å². The number of carboxylic acid groups (broad SMARTS) is 1. The summed E-state index contributed by atoms with van der Waals surface area (Å²) in [5.41, 5.74) is 6.54. The van der Waals surface area contributed by atoms with E-state index in [0.717, 1.165) is 50.4 Å². The number of aromatic nitrogens is 4. The van der Waals surface area contributed by atoms with Gasteiger partial charge in [0.25, 0.3) is 0 Å². The van der Waals surface area contributed by atoms with Crippen LogP contribution in [0.5, 0.6) is 0 Å². The molecule has 7 heteroatoms. The van der Waals surface area contributed by atoms with Crippen LogP contribution in [0, 0.1) is 13.8 Å². The van der Waals surface area contributed by atoms with Crippen LogP contribution >= 0.6 is 0 Å². The topological polar surface area (TPSA) is 94.0 Å². The molecule has 0 fully saturated rings. The van der Waals surface area contributed by atoms with E-state index in [2.05, 4.69) is 33.9 Å². The summed E-state index contributed by atoms with van der Waals surface area (Å²) in [6.45, 7) is 5.89. The van der Waals surface area contributed by atoms with Crippen LogP contribution in [0.25, 0.3) is 33.3 Å². The normalized spacial score (nSPS) is 12.2. The molecule has 164 valence electrons. The lowest BCUT2D eigenvalue weighted by molar-refractivity contribution is 0.0697. The van der Waals surface area contributed by atoms with Crippen molar-refractivity contribution in [1.29, 1.82) is 0 Å². The highest BCUT2D eigenvalue weighted by Crippen LogP contribution is 2.36. The van der Waals surface area contributed by atoms with Crippen LogP contribution < -0.4 is 0 Å². The largest absolute Gasteiger partial charge is 0.478 e. The standard InChI is InChI=1S/C26H22N4O3/c1-15-24(17(3)33-29-15)20-12-21-22(18-7-9-19(10-8-18)26(31)32)14-30(25(21)28-13-20)16(2)23-6-4-5-11-27-23/h4-14,16H,1-3H3,(H,31,32). The number of pyridine rings is 2. The first-order chi connectivity index (χ1) is 15.9. The third-order valence-electron chi connectivity index (χ3n) is 5.97. The van der Waals surface area contributed by atoms with Crippen molar-refractivity contribution < 1.29 is 14.4 Å². The predicted molar refractivity (Wildman–Crippen MR) is 125 cm³/mol. The molecule has 0 bridgehead atoms. The smallest absolute Gasteiger partial charge is 0.335 e. The first-order valence-corrected chi connectivity index (χ1v) is 10.6. The Morgan fingerprint density at radius 2 is 1.85 bits per heavy atom. The maximum atomic E-state index is 11.3. The highest BCUT2D eigenvalue weighted by molar-refractivity contribution is 5.97. The Morgan fingerprint density at radius 3 is 2.48 bits per heavy atom. The van der Waals surface area contributed by atoms with Gasteiger partial charge in [-0.15, -0.1) is 0 Å². The maximum Gasteiger partial charge on any atom is 0.335 e. The van der Waals surface area contributed by atoms with Crippen molar-refractivity contribution in [3.63, 3.8) is 0 Å². The van der Waals surface area contributed by atoms with E-state index in [1.807, 2.05) is 50.4 Å². The van der Waals surface area contributed by atoms with Crippen molar-refractivity contribution >= 4 is 17.0 Å². The van der Waals surface area contributed by atoms with Gasteiger partial charge in [0.2, 0.25) is 0 Å². The van der Waals surface area contributed by atoms with Gasteiger partial charge in [0.1, 0.15) is 11.4 Å². The molecule has 1 aromatic carbocycles. The van der Waals surface area contributed by atoms with Crippen LogP contribution in [-0.4, -0.2) is 30.8 Å². The molecule has 1 atom stereocenters. The zero-order valence-electron chi connectivity index (χ0n) is 18.5. The van der Waals surface area contributed by atoms with E-state index >= 15 is 0 Å². The van der Waals surface area contributed by atoms with Gasteiger partial charge in [-0.3, -0.25) is 4.98 Å². The second kappa shape index (κ2) is 8.02. The van der Waals surface area contributed by atoms with Crippen LogP contribution in [0.3, 0.4) is 0 Å². The molecule has 4 heterocycles. The maximum absolute atomic E-state index is 11.3. The zero-order chi connectivity index (χ0) is 23.1. The number of carboxylic acids is 1. The molecule has 1 unspecified atom stereocenters. The number of carbonyl (C=O) groups is 1. The third kappa shape index (κ3) is 3.57. The molecule has 7 nitrogen and oxygen atoms in total. The van der Waals surface area contributed by atoms with E-state index in [9.17, 15) is 9.90 Å². The summed E-state index contributed by atoms with van der Waals surface area (Å²) in [5, 5.41) is 14.3. The molecule has 0 saturated carbocycles. The molecule has 1 N–H and O–H groups in total. The molecule has 33 heavy (non-hydrogen) atoms. The zero-order valence-corrected chi connectivity index (χ0v) is 18.5. The minimum Gasteiger partial charge on any atom is -0.478 e. The van der Waals surface area contributed by atoms with E-state index < -0.39 is 5.97 Å². The van der Waals surface area contributed by atoms with Crippen molar-refractivity contribution in [3.05, 3.63) is 89.8 Å². The van der Waals surface area contributed by atoms with Gasteiger partial charge in [0, 0.05) is 40.7 Å². The minimum atomic E-state index is -0.949. The molecule has 4 aromatic heterocycles. The number of nitrogens with zero attached hydrogens (tertiary/aromatic N) is 4. The number of rotatable bonds is 5. The van der Waals surface area contributed by atoms with Gasteiger partial charge in [-0.1, -0.05) is 23.4 Å². The quantitative estimate of drug-likeness (QED) is 0.379. The number of hydrogen-bond donors (Lipinski definition) is 1. The molecular weight excluding hydrogens is 416 g/mol. The summed E-state index contributed by atoms with van der Waals surface area (Å²) in [5.74, 6) is -0.211. The van der Waals surface area contributed by atoms with Crippen molar-refractivity contribution in [2.45, 2.75) is 26.8 Å². The van der Waals surface area contributed by atoms with Crippen molar-refractivity contribution in [2.24, 2.45) is 0 Å². The molecule has 0 spiro atoms. The lowest BCUT2D eigenvalue weighted by atomic mass is 10.0. The monoisotopic (exact) mass is 438 g/mol. The van der Waals surface area contributed by atoms with Gasteiger partial charge in [0.05, 0.1) is 23.0 Å². The second-order valence-electron chi connectivity index (χ2n) is 8.06. The molecular formula is C26H22N4O3. The van der Waals surface area contributed by atoms with E-state index in [-0.39, 0.29) is 11.6 Å². The Kier molecular flexibility index (Phi) is 5.01. The summed E-state index contributed by atoms with van der Waals surface area (Å²) in [7, 11) is 0. The van der Waals surface area contributed by atoms with E-state index in [0.29, 0.717) is 0 Å². The molecule has 0 radical (unpaired) electrons. The van der Waals surface area contributed by atoms with Crippen molar-refractivity contribution in [3.8, 4) is 22.3 Å². The van der Waals surface area contributed by atoms with E-state index in [1.54, 1.807) is 18.3 Å². The van der Waals surface area contributed by atoms with Gasteiger partial charge in [-0.05, 0) is 56.7 Å². The number of benzene rings is 1. The lowest BCUT2D eigenvalue weighted by Gasteiger charge is -2.14. The molecule has 0 amide bonds. The van der Waals surface area contributed by atoms with Crippen molar-refractivity contribution in [2.75, 3.05) is 0 Å². The molecule has 0 saturated heterocycles. The van der Waals surface area contributed by atoms with Gasteiger partial charge < -0.3 is 14.2 Å². The average molecular weight is 438 g/mol. The Hall–Kier alpha value is -4.26. The predicted octanol–water partition coefficient (Wildman–Crippen LogP) is 5.68. The molecule has 5 rings (SSSR count). The first kappa shape index (κ1) is 20.6. The summed E-state index contributed by atoms with van der Waals surface area (Å²) >= 11 is 0. The fraction of sp³-hybridized carbons (Fsp3) is 0.154. The van der Waals surface area contributed by atoms with Gasteiger partial charge in [-0.2, -0.15) is 0 Å². The summed E-state index contributed by atoms with van der Waals surface area (Å²) in [4.78, 5) is 20.7. The third-order valence-corrected chi connectivity index (χ3v) is 5.97. The Balaban J connectivity index is 1.73. The van der Waals surface area contributed by atoms with Crippen molar-refractivity contribution in [1.82, 2.24) is 19.7 Å². The Bertz CT molecular complexity index is 1450. The Labute approximate surface area is 190 Å². The van der Waals surface area contributed by atoms with Gasteiger partial charge in [-0.25, -0.2) is 9.78 Å². The number of aromatic carboxylic acids is 1. The SMILES string of the molecule is Cc1noc(C)c1-c1cnc2c(c1)c(-c1ccc(C(=O)O)cc1)cn2C(C)c1ccccn1. The molecule has 5 aromatic rings. The van der Waals surface area contributed by atoms with Gasteiger partial charge >= 0.3 is 5.97 Å². The number of fused-ring (bicyclic) bond motifs is 1. The molecule has 0 aliphatic rings. The lowest BCUT2D eigenvalue weighted by Crippen LogP contribution is -2.07. The highest BCUT2D eigenvalue weighted by atomic mass is 16.5. The average Bonchev–Trinajstić information content (AvgIpc) is 3.38. The summed E-state index contributed by atoms with van der Waals surface area (Å²) < 4.78 is 7.47. The second-order valence-corrected chi connectivity index (χ2v) is 8.06. The molecule has 0 aliphatic carbocycles. The fourth-order valence-corrected chi connectivity index (χ4v) is 4.25. The Morgan fingerprint density at radius 1 is 1.06 bits per heavy atom. The van der Waals surface area contributed by atoms with E-state index in [4.69, 9.17) is 9.51 Å². The highest BCUT2D eigenvalue weighted by Gasteiger charge is 2.20. The van der Waals surface area contributed by atoms with Crippen LogP contribution in [0.15, 0.2) is 71.6 Å². The summed E-state index contributed by atoms with van der Waals surface area (Å²) in [6, 6.07) is 14.8. The van der Waals surface area contributed by atoms with Crippen LogP contribution in [0.4, 0.5) is 0 Å².